The van der Waals surface area contributed by atoms with Crippen LogP contribution in [-0.2, 0) is 0 Å². The van der Waals surface area contributed by atoms with Gasteiger partial charge in [0, 0.05) is 6.07 Å². The van der Waals surface area contributed by atoms with Gasteiger partial charge in [0.25, 0.3) is 0 Å². The summed E-state index contributed by atoms with van der Waals surface area (Å²) in [7, 11) is 0. The molecule has 0 aliphatic rings. The van der Waals surface area contributed by atoms with E-state index in [-0.39, 0.29) is 28.5 Å². The number of hydrogen-bond acceptors (Lipinski definition) is 3. The summed E-state index contributed by atoms with van der Waals surface area (Å²) in [6, 6.07) is 2.86. The Kier molecular flexibility index (Phi) is 3.46. The summed E-state index contributed by atoms with van der Waals surface area (Å²) in [5.74, 6) is 0.0764. The monoisotopic (exact) mass is 219 g/mol. The molecule has 3 N–H and O–H groups in total. The number of anilines is 1. The van der Waals surface area contributed by atoms with E-state index in [2.05, 4.69) is 4.98 Å². The van der Waals surface area contributed by atoms with Crippen molar-refractivity contribution in [2.24, 2.45) is 0 Å². The molecule has 1 heterocycles. The Morgan fingerprint density at radius 3 is 2.64 bits per heavy atom. The van der Waals surface area contributed by atoms with E-state index in [1.165, 1.54) is 18.3 Å². The fraction of sp³-hybridized carbons (Fsp3) is 0. The van der Waals surface area contributed by atoms with Crippen molar-refractivity contribution >= 4 is 11.5 Å². The number of nitrogens with zero attached hydrogens (tertiary/aromatic N) is 1. The Morgan fingerprint density at radius 1 is 1.64 bits per heavy atom. The van der Waals surface area contributed by atoms with Gasteiger partial charge in [-0.1, -0.05) is 0 Å². The van der Waals surface area contributed by atoms with E-state index >= 15 is 0 Å². The number of halogens is 1. The van der Waals surface area contributed by atoms with Crippen molar-refractivity contribution in [3.05, 3.63) is 28.4 Å². The third-order valence-corrected chi connectivity index (χ3v) is 1.06. The van der Waals surface area contributed by atoms with Gasteiger partial charge in [-0.15, -0.1) is 0 Å². The molecule has 0 bridgehead atoms. The molecule has 0 atom stereocenters. The predicted octanol–water partition coefficient (Wildman–Crippen LogP) is -3.00. The average molecular weight is 220 g/mol. The number of nitrogen functional groups attached to an aromatic ring is 1. The third-order valence-electron chi connectivity index (χ3n) is 1.06. The number of H-pyrrole nitrogens is 1. The maximum absolute atomic E-state index is 10.1. The van der Waals surface area contributed by atoms with Crippen LogP contribution >= 0.6 is 0 Å². The summed E-state index contributed by atoms with van der Waals surface area (Å²) < 4.78 is 0. The molecule has 1 aromatic rings. The van der Waals surface area contributed by atoms with Crippen LogP contribution in [0.5, 0.6) is 0 Å². The Balaban J connectivity index is 0.000001000. The number of aromatic amines is 1. The highest BCUT2D eigenvalue weighted by atomic mass is 79.9. The van der Waals surface area contributed by atoms with Crippen LogP contribution in [0, 0.1) is 10.1 Å². The lowest BCUT2D eigenvalue weighted by Gasteiger charge is -1.87. The molecule has 0 fully saturated rings. The molecule has 11 heavy (non-hydrogen) atoms. The Hall–Kier alpha value is -1.17. The zero-order valence-electron chi connectivity index (χ0n) is 5.45. The molecule has 0 aromatic carbocycles. The number of rotatable bonds is 1. The Morgan fingerprint density at radius 2 is 2.27 bits per heavy atom. The lowest BCUT2D eigenvalue weighted by molar-refractivity contribution is -0.409. The summed E-state index contributed by atoms with van der Waals surface area (Å²) in [6.07, 6.45) is 1.53. The number of nitrogens with two attached hydrogens (primary N) is 1. The SMILES string of the molecule is Nc1[nH+]cccc1[N+](=O)[O-].[Br-]. The van der Waals surface area contributed by atoms with E-state index in [9.17, 15) is 10.1 Å². The summed E-state index contributed by atoms with van der Waals surface area (Å²) >= 11 is 0. The number of pyridine rings is 1. The van der Waals surface area contributed by atoms with Crippen LogP contribution in [0.25, 0.3) is 0 Å². The van der Waals surface area contributed by atoms with Gasteiger partial charge in [-0.05, 0) is 6.07 Å². The molecule has 0 aliphatic heterocycles. The molecule has 0 spiro atoms. The van der Waals surface area contributed by atoms with Gasteiger partial charge >= 0.3 is 11.5 Å². The largest absolute Gasteiger partial charge is 1.00 e. The summed E-state index contributed by atoms with van der Waals surface area (Å²) in [4.78, 5) is 12.1. The molecule has 0 saturated carbocycles. The summed E-state index contributed by atoms with van der Waals surface area (Å²) in [5, 5.41) is 10.1. The van der Waals surface area contributed by atoms with E-state index in [1.807, 2.05) is 0 Å². The highest BCUT2D eigenvalue weighted by molar-refractivity contribution is 5.46. The van der Waals surface area contributed by atoms with Crippen molar-refractivity contribution in [3.63, 3.8) is 0 Å². The van der Waals surface area contributed by atoms with E-state index in [0.717, 1.165) is 0 Å². The van der Waals surface area contributed by atoms with Gasteiger partial charge in [-0.3, -0.25) is 15.8 Å². The van der Waals surface area contributed by atoms with Crippen LogP contribution in [0.15, 0.2) is 18.3 Å². The van der Waals surface area contributed by atoms with Gasteiger partial charge in [0.15, 0.2) is 0 Å². The second-order valence-corrected chi connectivity index (χ2v) is 1.73. The second-order valence-electron chi connectivity index (χ2n) is 1.73. The van der Waals surface area contributed by atoms with Crippen molar-refractivity contribution < 1.29 is 26.9 Å². The molecule has 6 heteroatoms. The first-order valence-electron chi connectivity index (χ1n) is 2.62. The highest BCUT2D eigenvalue weighted by Crippen LogP contribution is 2.12. The Labute approximate surface area is 73.2 Å². The summed E-state index contributed by atoms with van der Waals surface area (Å²) in [5.41, 5.74) is 5.13. The first kappa shape index (κ1) is 9.83. The number of aromatic nitrogens is 1. The molecular weight excluding hydrogens is 214 g/mol. The zero-order valence-corrected chi connectivity index (χ0v) is 7.04. The van der Waals surface area contributed by atoms with Gasteiger partial charge in [0.2, 0.25) is 0 Å². The molecule has 60 valence electrons. The molecule has 1 aromatic heterocycles. The zero-order chi connectivity index (χ0) is 7.56. The van der Waals surface area contributed by atoms with Crippen LogP contribution in [0.1, 0.15) is 0 Å². The first-order chi connectivity index (χ1) is 4.72. The second kappa shape index (κ2) is 3.87. The number of nitro groups is 1. The smallest absolute Gasteiger partial charge is 0.357 e. The van der Waals surface area contributed by atoms with Crippen LogP contribution < -0.4 is 27.7 Å². The molecule has 0 amide bonds. The van der Waals surface area contributed by atoms with E-state index in [4.69, 9.17) is 5.73 Å². The normalized spacial score (nSPS) is 8.36. The number of nitrogens with one attached hydrogen (secondary N) is 1. The molecule has 0 radical (unpaired) electrons. The molecule has 0 saturated heterocycles. The molecule has 1 rings (SSSR count). The van der Waals surface area contributed by atoms with Gasteiger partial charge in [-0.25, -0.2) is 4.98 Å². The molecule has 0 aliphatic carbocycles. The standard InChI is InChI=1S/C5H5N3O2.BrH/c6-5-4(8(9)10)2-1-3-7-5;/h1-3H,(H2,6,7);1H. The van der Waals surface area contributed by atoms with Crippen LogP contribution in [0.3, 0.4) is 0 Å². The average Bonchev–Trinajstić information content (AvgIpc) is 1.88. The van der Waals surface area contributed by atoms with Gasteiger partial charge in [0.05, 0.1) is 11.1 Å². The third kappa shape index (κ3) is 2.15. The lowest BCUT2D eigenvalue weighted by Crippen LogP contribution is -3.00. The van der Waals surface area contributed by atoms with Crippen molar-refractivity contribution in [1.29, 1.82) is 0 Å². The van der Waals surface area contributed by atoms with Crippen LogP contribution in [0.2, 0.25) is 0 Å². The molecular formula is C5H6BrN3O2. The van der Waals surface area contributed by atoms with Crippen molar-refractivity contribution in [2.45, 2.75) is 0 Å². The lowest BCUT2D eigenvalue weighted by atomic mass is 10.4. The van der Waals surface area contributed by atoms with Gasteiger partial charge in [0.1, 0.15) is 0 Å². The minimum atomic E-state index is -0.536. The maximum atomic E-state index is 10.1. The Bertz CT molecular complexity index is 266. The topological polar surface area (TPSA) is 83.3 Å². The van der Waals surface area contributed by atoms with E-state index in [0.29, 0.717) is 0 Å². The van der Waals surface area contributed by atoms with Crippen molar-refractivity contribution in [2.75, 3.05) is 5.73 Å². The minimum absolute atomic E-state index is 0. The predicted molar refractivity (Wildman–Crippen MR) is 34.1 cm³/mol. The molecule has 5 nitrogen and oxygen atoms in total. The number of hydrogen-bond donors (Lipinski definition) is 1. The highest BCUT2D eigenvalue weighted by Gasteiger charge is 2.14. The minimum Gasteiger partial charge on any atom is -1.00 e. The van der Waals surface area contributed by atoms with E-state index < -0.39 is 4.92 Å². The fourth-order valence-corrected chi connectivity index (χ4v) is 0.600. The van der Waals surface area contributed by atoms with Crippen LogP contribution in [-0.4, -0.2) is 4.92 Å². The van der Waals surface area contributed by atoms with Crippen molar-refractivity contribution in [1.82, 2.24) is 0 Å². The van der Waals surface area contributed by atoms with Crippen molar-refractivity contribution in [3.8, 4) is 0 Å². The quantitative estimate of drug-likeness (QED) is 0.404. The maximum Gasteiger partial charge on any atom is 0.357 e. The van der Waals surface area contributed by atoms with Crippen LogP contribution in [0.4, 0.5) is 11.5 Å². The van der Waals surface area contributed by atoms with Gasteiger partial charge < -0.3 is 17.0 Å². The first-order valence-corrected chi connectivity index (χ1v) is 2.62. The van der Waals surface area contributed by atoms with Gasteiger partial charge in [-0.2, -0.15) is 0 Å². The fourth-order valence-electron chi connectivity index (χ4n) is 0.600. The summed E-state index contributed by atoms with van der Waals surface area (Å²) in [6.45, 7) is 0. The molecule has 0 unspecified atom stereocenters. The van der Waals surface area contributed by atoms with E-state index in [1.54, 1.807) is 0 Å².